The zero-order valence-electron chi connectivity index (χ0n) is 12.5. The van der Waals surface area contributed by atoms with E-state index in [1.807, 2.05) is 30.3 Å². The molecule has 0 saturated carbocycles. The Labute approximate surface area is 132 Å². The van der Waals surface area contributed by atoms with Crippen LogP contribution in [0.5, 0.6) is 0 Å². The van der Waals surface area contributed by atoms with E-state index in [0.29, 0.717) is 10.8 Å². The smallest absolute Gasteiger partial charge is 0.277 e. The number of nitrogens with one attached hydrogen (secondary N) is 1. The van der Waals surface area contributed by atoms with Gasteiger partial charge in [-0.25, -0.2) is 10.2 Å². The van der Waals surface area contributed by atoms with Crippen molar-refractivity contribution in [3.8, 4) is 0 Å². The minimum absolute atomic E-state index is 0.151. The first-order valence-electron chi connectivity index (χ1n) is 7.08. The Balaban J connectivity index is 2.17. The molecule has 3 aromatic rings. The summed E-state index contributed by atoms with van der Waals surface area (Å²) in [5.41, 5.74) is 3.09. The highest BCUT2D eigenvalue weighted by molar-refractivity contribution is 6.04. The summed E-state index contributed by atoms with van der Waals surface area (Å²) in [5.74, 6) is -0.495. The van der Waals surface area contributed by atoms with Crippen molar-refractivity contribution in [3.05, 3.63) is 76.2 Å². The van der Waals surface area contributed by atoms with E-state index in [2.05, 4.69) is 15.4 Å². The van der Waals surface area contributed by atoms with Crippen molar-refractivity contribution in [1.29, 1.82) is 0 Å². The van der Waals surface area contributed by atoms with Crippen LogP contribution in [0, 0.1) is 0 Å². The van der Waals surface area contributed by atoms with E-state index in [-0.39, 0.29) is 17.8 Å². The molecular formula is C17H15N3O3. The van der Waals surface area contributed by atoms with Crippen LogP contribution in [-0.4, -0.2) is 22.8 Å². The highest BCUT2D eigenvalue weighted by Crippen LogP contribution is 2.13. The van der Waals surface area contributed by atoms with Gasteiger partial charge in [-0.15, -0.1) is 0 Å². The average molecular weight is 309 g/mol. The number of hydrogen-bond acceptors (Lipinski definition) is 4. The van der Waals surface area contributed by atoms with Gasteiger partial charge in [0.05, 0.1) is 19.0 Å². The molecular weight excluding hydrogens is 294 g/mol. The number of aromatic nitrogens is 2. The molecule has 23 heavy (non-hydrogen) atoms. The van der Waals surface area contributed by atoms with E-state index in [0.717, 1.165) is 5.56 Å². The quantitative estimate of drug-likeness (QED) is 0.745. The Bertz CT molecular complexity index is 904. The van der Waals surface area contributed by atoms with Crippen LogP contribution in [-0.2, 0) is 11.4 Å². The normalized spacial score (nSPS) is 10.7. The Morgan fingerprint density at radius 2 is 1.74 bits per heavy atom. The Morgan fingerprint density at radius 3 is 2.43 bits per heavy atom. The van der Waals surface area contributed by atoms with Crippen molar-refractivity contribution >= 4 is 16.7 Å². The second-order valence-electron chi connectivity index (χ2n) is 4.98. The fraction of sp³-hybridized carbons (Fsp3) is 0.118. The lowest BCUT2D eigenvalue weighted by Gasteiger charge is -2.10. The number of fused-ring (bicyclic) bond motifs is 1. The lowest BCUT2D eigenvalue weighted by atomic mass is 10.1. The summed E-state index contributed by atoms with van der Waals surface area (Å²) >= 11 is 0. The predicted octanol–water partition coefficient (Wildman–Crippen LogP) is 1.74. The summed E-state index contributed by atoms with van der Waals surface area (Å²) in [4.78, 5) is 29.4. The van der Waals surface area contributed by atoms with Crippen molar-refractivity contribution in [2.45, 2.75) is 6.54 Å². The molecule has 6 nitrogen and oxygen atoms in total. The van der Waals surface area contributed by atoms with Gasteiger partial charge in [0.15, 0.2) is 5.69 Å². The van der Waals surface area contributed by atoms with Crippen molar-refractivity contribution in [1.82, 2.24) is 15.3 Å². The van der Waals surface area contributed by atoms with Crippen LogP contribution >= 0.6 is 0 Å². The third kappa shape index (κ3) is 2.97. The molecule has 0 aliphatic carbocycles. The first-order valence-corrected chi connectivity index (χ1v) is 7.08. The van der Waals surface area contributed by atoms with Crippen LogP contribution in [0.1, 0.15) is 16.1 Å². The highest BCUT2D eigenvalue weighted by atomic mass is 16.6. The molecule has 1 N–H and O–H groups in total. The topological polar surface area (TPSA) is 73.2 Å². The largest absolute Gasteiger partial charge is 0.295 e. The Morgan fingerprint density at radius 1 is 1.09 bits per heavy atom. The molecule has 0 fully saturated rings. The summed E-state index contributed by atoms with van der Waals surface area (Å²) in [7, 11) is 1.35. The van der Waals surface area contributed by atoms with E-state index in [1.165, 1.54) is 11.8 Å². The molecule has 0 aliphatic heterocycles. The van der Waals surface area contributed by atoms with Gasteiger partial charge in [-0.05, 0) is 11.6 Å². The van der Waals surface area contributed by atoms with Gasteiger partial charge in [0.2, 0.25) is 0 Å². The Kier molecular flexibility index (Phi) is 4.16. The van der Waals surface area contributed by atoms with Gasteiger partial charge in [0.1, 0.15) is 0 Å². The van der Waals surface area contributed by atoms with Crippen molar-refractivity contribution in [2.75, 3.05) is 7.11 Å². The first kappa shape index (κ1) is 14.9. The molecule has 0 radical (unpaired) electrons. The van der Waals surface area contributed by atoms with Crippen LogP contribution in [0.4, 0.5) is 0 Å². The average Bonchev–Trinajstić information content (AvgIpc) is 2.58. The van der Waals surface area contributed by atoms with Crippen molar-refractivity contribution < 1.29 is 9.63 Å². The molecule has 0 spiro atoms. The maximum Gasteiger partial charge on any atom is 0.295 e. The molecule has 0 unspecified atom stereocenters. The van der Waals surface area contributed by atoms with E-state index in [4.69, 9.17) is 0 Å². The molecule has 2 aromatic carbocycles. The molecule has 116 valence electrons. The fourth-order valence-corrected chi connectivity index (χ4v) is 2.41. The number of rotatable bonds is 4. The molecule has 3 rings (SSSR count). The summed E-state index contributed by atoms with van der Waals surface area (Å²) < 4.78 is 1.29. The molecule has 0 aliphatic rings. The van der Waals surface area contributed by atoms with Gasteiger partial charge in [0, 0.05) is 5.39 Å². The number of hydroxylamine groups is 1. The van der Waals surface area contributed by atoms with Crippen molar-refractivity contribution in [2.24, 2.45) is 0 Å². The zero-order chi connectivity index (χ0) is 16.2. The molecule has 0 atom stereocenters. The van der Waals surface area contributed by atoms with Crippen LogP contribution in [0.3, 0.4) is 0 Å². The van der Waals surface area contributed by atoms with E-state index >= 15 is 0 Å². The van der Waals surface area contributed by atoms with E-state index in [9.17, 15) is 9.59 Å². The zero-order valence-corrected chi connectivity index (χ0v) is 12.5. The second-order valence-corrected chi connectivity index (χ2v) is 4.98. The molecule has 1 aromatic heterocycles. The van der Waals surface area contributed by atoms with Crippen LogP contribution in [0.15, 0.2) is 59.4 Å². The number of amides is 1. The third-order valence-electron chi connectivity index (χ3n) is 3.45. The SMILES string of the molecule is CONC(=O)c1nn(Cc2ccccc2)c(=O)c2ccccc12. The minimum Gasteiger partial charge on any atom is -0.277 e. The van der Waals surface area contributed by atoms with Gasteiger partial charge >= 0.3 is 0 Å². The summed E-state index contributed by atoms with van der Waals surface area (Å²) in [5, 5.41) is 5.17. The van der Waals surface area contributed by atoms with Crippen LogP contribution in [0.2, 0.25) is 0 Å². The maximum absolute atomic E-state index is 12.6. The standard InChI is InChI=1S/C17H15N3O3/c1-23-19-16(21)15-13-9-5-6-10-14(13)17(22)20(18-15)11-12-7-3-2-4-8-12/h2-10H,11H2,1H3,(H,19,21). The number of carbonyl (C=O) groups is 1. The van der Waals surface area contributed by atoms with Gasteiger partial charge in [-0.1, -0.05) is 48.5 Å². The lowest BCUT2D eigenvalue weighted by Crippen LogP contribution is -2.30. The molecule has 0 bridgehead atoms. The maximum atomic E-state index is 12.6. The van der Waals surface area contributed by atoms with E-state index in [1.54, 1.807) is 24.3 Å². The molecule has 6 heteroatoms. The van der Waals surface area contributed by atoms with Gasteiger partial charge < -0.3 is 0 Å². The van der Waals surface area contributed by atoms with Crippen LogP contribution < -0.4 is 11.0 Å². The number of nitrogens with zero attached hydrogens (tertiary/aromatic N) is 2. The van der Waals surface area contributed by atoms with E-state index < -0.39 is 5.91 Å². The van der Waals surface area contributed by atoms with Gasteiger partial charge in [-0.2, -0.15) is 5.10 Å². The highest BCUT2D eigenvalue weighted by Gasteiger charge is 2.16. The number of benzene rings is 2. The van der Waals surface area contributed by atoms with Gasteiger partial charge in [-0.3, -0.25) is 14.4 Å². The van der Waals surface area contributed by atoms with Crippen LogP contribution in [0.25, 0.3) is 10.8 Å². The molecule has 0 saturated heterocycles. The molecule has 1 amide bonds. The predicted molar refractivity (Wildman–Crippen MR) is 86.0 cm³/mol. The van der Waals surface area contributed by atoms with Crippen molar-refractivity contribution in [3.63, 3.8) is 0 Å². The monoisotopic (exact) mass is 309 g/mol. The summed E-state index contributed by atoms with van der Waals surface area (Å²) in [6, 6.07) is 16.4. The van der Waals surface area contributed by atoms with Gasteiger partial charge in [0.25, 0.3) is 11.5 Å². The number of hydrogen-bond donors (Lipinski definition) is 1. The first-order chi connectivity index (χ1) is 11.2. The summed E-state index contributed by atoms with van der Waals surface area (Å²) in [6.45, 7) is 0.289. The number of carbonyl (C=O) groups excluding carboxylic acids is 1. The Hall–Kier alpha value is -2.99. The lowest BCUT2D eigenvalue weighted by molar-refractivity contribution is 0.0532. The minimum atomic E-state index is -0.495. The second kappa shape index (κ2) is 6.41. The summed E-state index contributed by atoms with van der Waals surface area (Å²) in [6.07, 6.45) is 0. The fourth-order valence-electron chi connectivity index (χ4n) is 2.41. The molecule has 1 heterocycles. The third-order valence-corrected chi connectivity index (χ3v) is 3.45.